The average molecular weight is 334 g/mol. The van der Waals surface area contributed by atoms with Gasteiger partial charge in [-0.15, -0.1) is 0 Å². The number of anilines is 1. The summed E-state index contributed by atoms with van der Waals surface area (Å²) in [6.45, 7) is 0.509. The summed E-state index contributed by atoms with van der Waals surface area (Å²) in [4.78, 5) is 8.51. The Bertz CT molecular complexity index is 787. The minimum atomic E-state index is -3.66. The number of hydrogen-bond donors (Lipinski definition) is 3. The molecule has 0 radical (unpaired) electrons. The van der Waals surface area contributed by atoms with Crippen molar-refractivity contribution in [3.05, 3.63) is 47.9 Å². The van der Waals surface area contributed by atoms with Crippen molar-refractivity contribution in [3.8, 4) is 0 Å². The molecule has 1 aliphatic rings. The second-order valence-electron chi connectivity index (χ2n) is 5.69. The number of nitrogens with two attached hydrogens (primary N) is 1. The third-order valence-electron chi connectivity index (χ3n) is 3.95. The zero-order valence-corrected chi connectivity index (χ0v) is 13.2. The van der Waals surface area contributed by atoms with Gasteiger partial charge in [0.25, 0.3) is 0 Å². The van der Waals surface area contributed by atoms with Crippen LogP contribution in [0.4, 0.5) is 5.82 Å². The molecule has 0 spiro atoms. The SMILES string of the molecule is NS(=O)(=O)c1ccc(CNc2cc(C3CC(O)C3)ncn2)cc1. The number of sulfonamides is 1. The molecule has 1 aromatic carbocycles. The first-order valence-electron chi connectivity index (χ1n) is 7.27. The summed E-state index contributed by atoms with van der Waals surface area (Å²) in [5.74, 6) is 0.995. The Balaban J connectivity index is 1.63. The lowest BCUT2D eigenvalue weighted by Gasteiger charge is -2.30. The van der Waals surface area contributed by atoms with E-state index in [4.69, 9.17) is 5.14 Å². The fourth-order valence-corrected chi connectivity index (χ4v) is 3.03. The Kier molecular flexibility index (Phi) is 4.29. The Morgan fingerprint density at radius 2 is 1.91 bits per heavy atom. The predicted molar refractivity (Wildman–Crippen MR) is 85.2 cm³/mol. The van der Waals surface area contributed by atoms with Crippen LogP contribution in [0, 0.1) is 0 Å². The van der Waals surface area contributed by atoms with Crippen LogP contribution in [-0.2, 0) is 16.6 Å². The molecule has 1 aromatic heterocycles. The number of nitrogens with one attached hydrogen (secondary N) is 1. The topological polar surface area (TPSA) is 118 Å². The maximum atomic E-state index is 11.2. The van der Waals surface area contributed by atoms with Crippen LogP contribution >= 0.6 is 0 Å². The van der Waals surface area contributed by atoms with E-state index in [0.29, 0.717) is 18.3 Å². The summed E-state index contributed by atoms with van der Waals surface area (Å²) in [6, 6.07) is 8.25. The van der Waals surface area contributed by atoms with Crippen molar-refractivity contribution in [2.24, 2.45) is 5.14 Å². The molecule has 0 amide bonds. The molecule has 122 valence electrons. The van der Waals surface area contributed by atoms with Gasteiger partial charge in [-0.05, 0) is 30.5 Å². The quantitative estimate of drug-likeness (QED) is 0.750. The van der Waals surface area contributed by atoms with Crippen molar-refractivity contribution < 1.29 is 13.5 Å². The van der Waals surface area contributed by atoms with E-state index in [1.165, 1.54) is 18.5 Å². The van der Waals surface area contributed by atoms with Crippen LogP contribution in [0.3, 0.4) is 0 Å². The molecule has 0 atom stereocenters. The zero-order chi connectivity index (χ0) is 16.4. The van der Waals surface area contributed by atoms with E-state index in [0.717, 1.165) is 24.1 Å². The standard InChI is InChI=1S/C15H18N4O3S/c16-23(21,22)13-3-1-10(2-4-13)8-17-15-7-14(18-9-19-15)11-5-12(20)6-11/h1-4,7,9,11-12,20H,5-6,8H2,(H2,16,21,22)(H,17,18,19). The molecular weight excluding hydrogens is 316 g/mol. The van der Waals surface area contributed by atoms with E-state index in [1.807, 2.05) is 6.07 Å². The van der Waals surface area contributed by atoms with Gasteiger partial charge in [-0.1, -0.05) is 12.1 Å². The molecule has 1 fully saturated rings. The third kappa shape index (κ3) is 3.84. The van der Waals surface area contributed by atoms with Crippen molar-refractivity contribution in [2.45, 2.75) is 36.3 Å². The van der Waals surface area contributed by atoms with Gasteiger partial charge >= 0.3 is 0 Å². The van der Waals surface area contributed by atoms with Gasteiger partial charge in [-0.25, -0.2) is 23.5 Å². The molecule has 1 saturated carbocycles. The van der Waals surface area contributed by atoms with E-state index in [2.05, 4.69) is 15.3 Å². The number of benzene rings is 1. The second-order valence-corrected chi connectivity index (χ2v) is 7.25. The fourth-order valence-electron chi connectivity index (χ4n) is 2.51. The fraction of sp³-hybridized carbons (Fsp3) is 0.333. The summed E-state index contributed by atoms with van der Waals surface area (Å²) < 4.78 is 22.4. The Morgan fingerprint density at radius 3 is 2.52 bits per heavy atom. The third-order valence-corrected chi connectivity index (χ3v) is 4.87. The van der Waals surface area contributed by atoms with E-state index in [9.17, 15) is 13.5 Å². The van der Waals surface area contributed by atoms with Crippen molar-refractivity contribution in [1.29, 1.82) is 0 Å². The highest BCUT2D eigenvalue weighted by molar-refractivity contribution is 7.89. The highest BCUT2D eigenvalue weighted by Crippen LogP contribution is 2.35. The second kappa shape index (κ2) is 6.23. The van der Waals surface area contributed by atoms with Gasteiger partial charge in [0.2, 0.25) is 10.0 Å². The first kappa shape index (κ1) is 15.9. The number of aliphatic hydroxyl groups excluding tert-OH is 1. The van der Waals surface area contributed by atoms with Crippen LogP contribution in [-0.4, -0.2) is 29.6 Å². The zero-order valence-electron chi connectivity index (χ0n) is 12.4. The van der Waals surface area contributed by atoms with Gasteiger partial charge in [0.1, 0.15) is 12.1 Å². The lowest BCUT2D eigenvalue weighted by molar-refractivity contribution is 0.0732. The van der Waals surface area contributed by atoms with Crippen LogP contribution in [0.15, 0.2) is 41.6 Å². The number of hydrogen-bond acceptors (Lipinski definition) is 6. The Hall–Kier alpha value is -2.03. The van der Waals surface area contributed by atoms with Crippen LogP contribution in [0.5, 0.6) is 0 Å². The van der Waals surface area contributed by atoms with Crippen molar-refractivity contribution in [3.63, 3.8) is 0 Å². The molecule has 3 rings (SSSR count). The molecule has 0 bridgehead atoms. The molecule has 1 heterocycles. The molecule has 2 aromatic rings. The monoisotopic (exact) mass is 334 g/mol. The predicted octanol–water partition coefficient (Wildman–Crippen LogP) is 0.974. The summed E-state index contributed by atoms with van der Waals surface area (Å²) in [6.07, 6.45) is 2.77. The normalized spacial score (nSPS) is 20.8. The van der Waals surface area contributed by atoms with Gasteiger partial charge in [-0.3, -0.25) is 0 Å². The van der Waals surface area contributed by atoms with Crippen LogP contribution in [0.1, 0.15) is 30.0 Å². The molecule has 0 unspecified atom stereocenters. The van der Waals surface area contributed by atoms with E-state index >= 15 is 0 Å². The summed E-state index contributed by atoms with van der Waals surface area (Å²) in [7, 11) is -3.66. The molecule has 23 heavy (non-hydrogen) atoms. The van der Waals surface area contributed by atoms with Gasteiger partial charge in [0, 0.05) is 24.2 Å². The van der Waals surface area contributed by atoms with E-state index < -0.39 is 10.0 Å². The van der Waals surface area contributed by atoms with Crippen LogP contribution in [0.2, 0.25) is 0 Å². The van der Waals surface area contributed by atoms with E-state index in [-0.39, 0.29) is 11.0 Å². The summed E-state index contributed by atoms with van der Waals surface area (Å²) in [5, 5.41) is 17.6. The highest BCUT2D eigenvalue weighted by Gasteiger charge is 2.29. The molecular formula is C15H18N4O3S. The highest BCUT2D eigenvalue weighted by atomic mass is 32.2. The summed E-state index contributed by atoms with van der Waals surface area (Å²) in [5.41, 5.74) is 1.84. The smallest absolute Gasteiger partial charge is 0.238 e. The number of rotatable bonds is 5. The molecule has 1 aliphatic carbocycles. The number of aliphatic hydroxyl groups is 1. The molecule has 0 aliphatic heterocycles. The Morgan fingerprint density at radius 1 is 1.22 bits per heavy atom. The number of primary sulfonamides is 1. The maximum absolute atomic E-state index is 11.2. The van der Waals surface area contributed by atoms with Gasteiger partial charge in [-0.2, -0.15) is 0 Å². The van der Waals surface area contributed by atoms with Crippen LogP contribution in [0.25, 0.3) is 0 Å². The van der Waals surface area contributed by atoms with Crippen molar-refractivity contribution in [2.75, 3.05) is 5.32 Å². The summed E-state index contributed by atoms with van der Waals surface area (Å²) >= 11 is 0. The lowest BCUT2D eigenvalue weighted by Crippen LogP contribution is -2.27. The molecule has 4 N–H and O–H groups in total. The van der Waals surface area contributed by atoms with Gasteiger partial charge in [0.05, 0.1) is 11.0 Å². The lowest BCUT2D eigenvalue weighted by atomic mass is 9.80. The van der Waals surface area contributed by atoms with Gasteiger partial charge in [0.15, 0.2) is 0 Å². The average Bonchev–Trinajstić information content (AvgIpc) is 2.50. The van der Waals surface area contributed by atoms with Crippen molar-refractivity contribution in [1.82, 2.24) is 9.97 Å². The van der Waals surface area contributed by atoms with Crippen molar-refractivity contribution >= 4 is 15.8 Å². The maximum Gasteiger partial charge on any atom is 0.238 e. The van der Waals surface area contributed by atoms with E-state index in [1.54, 1.807) is 12.1 Å². The van der Waals surface area contributed by atoms with Crippen LogP contribution < -0.4 is 10.5 Å². The largest absolute Gasteiger partial charge is 0.393 e. The van der Waals surface area contributed by atoms with Gasteiger partial charge < -0.3 is 10.4 Å². The Labute approximate surface area is 134 Å². The molecule has 8 heteroatoms. The minimum absolute atomic E-state index is 0.0918. The first-order chi connectivity index (χ1) is 10.9. The minimum Gasteiger partial charge on any atom is -0.393 e. The molecule has 7 nitrogen and oxygen atoms in total. The first-order valence-corrected chi connectivity index (χ1v) is 8.82. The number of aromatic nitrogens is 2. The molecule has 0 saturated heterocycles. The number of nitrogens with zero attached hydrogens (tertiary/aromatic N) is 2.